The lowest BCUT2D eigenvalue weighted by Crippen LogP contribution is -2.59. The van der Waals surface area contributed by atoms with Gasteiger partial charge in [-0.1, -0.05) is 63.2 Å². The number of likely N-dealkylation sites (tertiary alicyclic amines) is 1. The van der Waals surface area contributed by atoms with Crippen LogP contribution in [0.2, 0.25) is 5.02 Å². The monoisotopic (exact) mass is 560 g/mol. The van der Waals surface area contributed by atoms with Crippen LogP contribution in [0.25, 0.3) is 0 Å². The Morgan fingerprint density at radius 2 is 2.03 bits per heavy atom. The molecule has 1 spiro atoms. The topological polar surface area (TPSA) is 87.1 Å². The second-order valence-corrected chi connectivity index (χ2v) is 12.8. The molecule has 3 unspecified atom stereocenters. The molecule has 7 nitrogen and oxygen atoms in total. The molecule has 0 radical (unpaired) electrons. The van der Waals surface area contributed by atoms with Crippen LogP contribution in [0.3, 0.4) is 0 Å². The lowest BCUT2D eigenvalue weighted by atomic mass is 9.66. The number of aliphatic hydroxyl groups is 1. The molecule has 1 N–H and O–H groups in total. The van der Waals surface area contributed by atoms with Gasteiger partial charge in [0.25, 0.3) is 5.91 Å². The molecule has 0 saturated carbocycles. The van der Waals surface area contributed by atoms with E-state index in [0.717, 1.165) is 0 Å². The van der Waals surface area contributed by atoms with Crippen molar-refractivity contribution < 1.29 is 24.2 Å². The molecular weight excluding hydrogens is 524 g/mol. The Labute approximate surface area is 234 Å². The molecular formula is C29H37ClN2O5S. The standard InChI is InChI=1S/C29H37ClN2O5S/c1-6-12-31(21-11-9-8-10-20(21)30)27(35)25-29-18(5)15-22(38-29)23(28(36)37-13-7-2)24(29)26(34)32(25)19(16-33)14-17(3)4/h6-11,17-19,22-25,33H,1-2,12-16H2,3-5H3/t18?,19-,22-,23+,24+,25?,29?/m1/s1. The summed E-state index contributed by atoms with van der Waals surface area (Å²) in [5, 5.41) is 10.8. The lowest BCUT2D eigenvalue weighted by Gasteiger charge is -2.42. The van der Waals surface area contributed by atoms with E-state index in [4.69, 9.17) is 16.3 Å². The van der Waals surface area contributed by atoms with Crippen molar-refractivity contribution in [2.24, 2.45) is 23.7 Å². The van der Waals surface area contributed by atoms with Gasteiger partial charge >= 0.3 is 5.97 Å². The maximum atomic E-state index is 14.7. The molecule has 3 heterocycles. The number of carbonyl (C=O) groups is 3. The molecule has 3 saturated heterocycles. The van der Waals surface area contributed by atoms with Gasteiger partial charge in [-0.05, 0) is 36.8 Å². The van der Waals surface area contributed by atoms with Crippen LogP contribution >= 0.6 is 23.4 Å². The molecule has 1 aromatic rings. The Hall–Kier alpha value is -2.29. The molecule has 9 heteroatoms. The van der Waals surface area contributed by atoms with E-state index in [1.54, 1.807) is 45.8 Å². The number of carbonyl (C=O) groups excluding carboxylic acids is 3. The van der Waals surface area contributed by atoms with E-state index in [-0.39, 0.29) is 48.7 Å². The fraction of sp³-hybridized carbons (Fsp3) is 0.552. The third-order valence-corrected chi connectivity index (χ3v) is 10.5. The lowest BCUT2D eigenvalue weighted by molar-refractivity contribution is -0.154. The second kappa shape index (κ2) is 11.4. The van der Waals surface area contributed by atoms with E-state index in [1.807, 2.05) is 19.9 Å². The quantitative estimate of drug-likeness (QED) is 0.320. The number of thioether (sulfide) groups is 1. The number of ether oxygens (including phenoxy) is 1. The minimum absolute atomic E-state index is 0.0101. The zero-order valence-electron chi connectivity index (χ0n) is 22.2. The molecule has 38 heavy (non-hydrogen) atoms. The predicted octanol–water partition coefficient (Wildman–Crippen LogP) is 4.33. The highest BCUT2D eigenvalue weighted by atomic mass is 35.5. The summed E-state index contributed by atoms with van der Waals surface area (Å²) >= 11 is 8.11. The Kier molecular flexibility index (Phi) is 8.65. The number of hydrogen-bond acceptors (Lipinski definition) is 6. The van der Waals surface area contributed by atoms with Gasteiger partial charge in [-0.15, -0.1) is 18.3 Å². The van der Waals surface area contributed by atoms with Gasteiger partial charge in [-0.2, -0.15) is 0 Å². The Morgan fingerprint density at radius 3 is 2.63 bits per heavy atom. The summed E-state index contributed by atoms with van der Waals surface area (Å²) in [5.41, 5.74) is 0.530. The summed E-state index contributed by atoms with van der Waals surface area (Å²) < 4.78 is 4.62. The van der Waals surface area contributed by atoms with E-state index in [1.165, 1.54) is 6.08 Å². The van der Waals surface area contributed by atoms with E-state index in [9.17, 15) is 19.5 Å². The average Bonchev–Trinajstić information content (AvgIpc) is 3.48. The van der Waals surface area contributed by atoms with Crippen LogP contribution < -0.4 is 4.90 Å². The first kappa shape index (κ1) is 28.7. The van der Waals surface area contributed by atoms with Gasteiger partial charge in [-0.25, -0.2) is 0 Å². The maximum absolute atomic E-state index is 14.7. The van der Waals surface area contributed by atoms with Gasteiger partial charge in [0.2, 0.25) is 5.91 Å². The largest absolute Gasteiger partial charge is 0.461 e. The SMILES string of the molecule is C=CCOC(=O)[C@@H]1[C@H]2C(=O)N([C@@H](CO)CC(C)C)C(C(=O)N(CC=C)c3ccccc3Cl)C23S[C@@H]1CC3C. The smallest absolute Gasteiger partial charge is 0.311 e. The van der Waals surface area contributed by atoms with Crippen molar-refractivity contribution in [1.82, 2.24) is 4.90 Å². The maximum Gasteiger partial charge on any atom is 0.311 e. The Balaban J connectivity index is 1.86. The van der Waals surface area contributed by atoms with Crippen molar-refractivity contribution in [2.75, 3.05) is 24.7 Å². The van der Waals surface area contributed by atoms with E-state index < -0.39 is 34.6 Å². The minimum Gasteiger partial charge on any atom is -0.461 e. The first-order valence-corrected chi connectivity index (χ1v) is 14.4. The highest BCUT2D eigenvalue weighted by Gasteiger charge is 2.77. The van der Waals surface area contributed by atoms with Crippen molar-refractivity contribution in [3.8, 4) is 0 Å². The molecule has 2 bridgehead atoms. The molecule has 3 fully saturated rings. The average molecular weight is 561 g/mol. The summed E-state index contributed by atoms with van der Waals surface area (Å²) in [6.45, 7) is 13.6. The van der Waals surface area contributed by atoms with Crippen LogP contribution in [0.15, 0.2) is 49.6 Å². The minimum atomic E-state index is -0.880. The van der Waals surface area contributed by atoms with E-state index >= 15 is 0 Å². The molecule has 2 amide bonds. The Bertz CT molecular complexity index is 1110. The normalized spacial score (nSPS) is 30.3. The van der Waals surface area contributed by atoms with Crippen molar-refractivity contribution in [1.29, 1.82) is 0 Å². The number of anilines is 1. The number of halogens is 1. The van der Waals surface area contributed by atoms with Crippen LogP contribution in [-0.4, -0.2) is 69.6 Å². The molecule has 7 atom stereocenters. The van der Waals surface area contributed by atoms with E-state index in [2.05, 4.69) is 20.1 Å². The van der Waals surface area contributed by atoms with Crippen LogP contribution in [0, 0.1) is 23.7 Å². The number of hydrogen-bond donors (Lipinski definition) is 1. The summed E-state index contributed by atoms with van der Waals surface area (Å²) in [4.78, 5) is 45.4. The van der Waals surface area contributed by atoms with Crippen molar-refractivity contribution in [2.45, 2.75) is 55.7 Å². The van der Waals surface area contributed by atoms with Gasteiger partial charge in [0.1, 0.15) is 12.6 Å². The number of rotatable bonds is 11. The van der Waals surface area contributed by atoms with E-state index in [0.29, 0.717) is 23.6 Å². The fourth-order valence-electron chi connectivity index (χ4n) is 6.71. The van der Waals surface area contributed by atoms with Crippen LogP contribution in [-0.2, 0) is 19.1 Å². The van der Waals surface area contributed by atoms with Crippen LogP contribution in [0.5, 0.6) is 0 Å². The number of amides is 2. The molecule has 3 aliphatic heterocycles. The fourth-order valence-corrected chi connectivity index (χ4v) is 9.34. The summed E-state index contributed by atoms with van der Waals surface area (Å²) in [6.07, 6.45) is 4.36. The number of esters is 1. The number of fused-ring (bicyclic) bond motifs is 1. The molecule has 3 aliphatic rings. The molecule has 206 valence electrons. The van der Waals surface area contributed by atoms with Gasteiger partial charge in [0.05, 0.1) is 39.9 Å². The van der Waals surface area contributed by atoms with Crippen molar-refractivity contribution >= 4 is 46.8 Å². The van der Waals surface area contributed by atoms with Gasteiger partial charge in [-0.3, -0.25) is 14.4 Å². The van der Waals surface area contributed by atoms with Crippen LogP contribution in [0.1, 0.15) is 33.6 Å². The van der Waals surface area contributed by atoms with Gasteiger partial charge < -0.3 is 19.6 Å². The summed E-state index contributed by atoms with van der Waals surface area (Å²) in [5.74, 6) is -2.18. The molecule has 0 aromatic heterocycles. The molecule has 1 aromatic carbocycles. The summed E-state index contributed by atoms with van der Waals surface area (Å²) in [7, 11) is 0. The van der Waals surface area contributed by atoms with Gasteiger partial charge in [0.15, 0.2) is 0 Å². The second-order valence-electron chi connectivity index (χ2n) is 10.9. The van der Waals surface area contributed by atoms with Crippen molar-refractivity contribution in [3.63, 3.8) is 0 Å². The van der Waals surface area contributed by atoms with Gasteiger partial charge in [0, 0.05) is 11.8 Å². The zero-order valence-corrected chi connectivity index (χ0v) is 23.8. The number of nitrogens with zero attached hydrogens (tertiary/aromatic N) is 2. The zero-order chi connectivity index (χ0) is 27.8. The highest BCUT2D eigenvalue weighted by Crippen LogP contribution is 2.69. The number of para-hydroxylation sites is 1. The molecule has 0 aliphatic carbocycles. The van der Waals surface area contributed by atoms with Crippen LogP contribution in [0.4, 0.5) is 5.69 Å². The highest BCUT2D eigenvalue weighted by molar-refractivity contribution is 8.02. The molecule has 4 rings (SSSR count). The predicted molar refractivity (Wildman–Crippen MR) is 151 cm³/mol. The van der Waals surface area contributed by atoms with Crippen molar-refractivity contribution in [3.05, 3.63) is 54.6 Å². The number of benzene rings is 1. The first-order chi connectivity index (χ1) is 18.1. The number of aliphatic hydroxyl groups excluding tert-OH is 1. The summed E-state index contributed by atoms with van der Waals surface area (Å²) in [6, 6.07) is 5.65. The third kappa shape index (κ3) is 4.58. The third-order valence-electron chi connectivity index (χ3n) is 8.10. The Morgan fingerprint density at radius 1 is 1.32 bits per heavy atom. The first-order valence-electron chi connectivity index (χ1n) is 13.2.